The molecule has 7 nitrogen and oxygen atoms in total. The summed E-state index contributed by atoms with van der Waals surface area (Å²) in [5.74, 6) is 0.764. The Balaban J connectivity index is 1.43. The number of hydrogen-bond donors (Lipinski definition) is 1. The lowest BCUT2D eigenvalue weighted by molar-refractivity contribution is -0.138. The fourth-order valence-corrected chi connectivity index (χ4v) is 8.14. The number of benzene rings is 2. The monoisotopic (exact) mass is 544 g/mol. The van der Waals surface area contributed by atoms with E-state index in [-0.39, 0.29) is 53.1 Å². The van der Waals surface area contributed by atoms with Crippen molar-refractivity contribution in [3.63, 3.8) is 0 Å². The van der Waals surface area contributed by atoms with Gasteiger partial charge in [-0.3, -0.25) is 9.59 Å². The van der Waals surface area contributed by atoms with Gasteiger partial charge in [-0.15, -0.1) is 0 Å². The van der Waals surface area contributed by atoms with Crippen molar-refractivity contribution in [2.24, 2.45) is 11.8 Å². The molecule has 2 fully saturated rings. The van der Waals surface area contributed by atoms with Gasteiger partial charge in [0.05, 0.1) is 11.6 Å². The fourth-order valence-electron chi connectivity index (χ4n) is 8.14. The van der Waals surface area contributed by atoms with Crippen LogP contribution >= 0.6 is 0 Å². The van der Waals surface area contributed by atoms with Gasteiger partial charge in [-0.1, -0.05) is 44.2 Å². The van der Waals surface area contributed by atoms with Crippen molar-refractivity contribution in [2.45, 2.75) is 63.1 Å². The van der Waals surface area contributed by atoms with Crippen LogP contribution in [-0.2, 0) is 21.4 Å². The number of carbonyl (C=O) groups excluding carboxylic acids is 2. The van der Waals surface area contributed by atoms with E-state index in [0.717, 1.165) is 48.9 Å². The van der Waals surface area contributed by atoms with Gasteiger partial charge in [0.2, 0.25) is 5.91 Å². The van der Waals surface area contributed by atoms with Crippen LogP contribution in [0.1, 0.15) is 60.2 Å². The lowest BCUT2D eigenvalue weighted by Crippen LogP contribution is -2.68. The number of ether oxygens (including phenoxy) is 2. The molecule has 1 amide bonds. The van der Waals surface area contributed by atoms with Crippen LogP contribution in [0.3, 0.4) is 0 Å². The largest absolute Gasteiger partial charge is 0.504 e. The second-order valence-electron chi connectivity index (χ2n) is 12.5. The van der Waals surface area contributed by atoms with Gasteiger partial charge in [-0.25, -0.2) is 0 Å². The van der Waals surface area contributed by atoms with E-state index < -0.39 is 0 Å². The Kier molecular flexibility index (Phi) is 6.99. The number of amides is 1. The number of phenols is 1. The van der Waals surface area contributed by atoms with Crippen LogP contribution in [0.25, 0.3) is 6.08 Å². The van der Waals surface area contributed by atoms with E-state index in [0.29, 0.717) is 24.3 Å². The molecule has 2 unspecified atom stereocenters. The van der Waals surface area contributed by atoms with Crippen LogP contribution < -0.4 is 4.74 Å². The van der Waals surface area contributed by atoms with Crippen LogP contribution in [0, 0.1) is 11.8 Å². The second-order valence-corrected chi connectivity index (χ2v) is 12.5. The van der Waals surface area contributed by atoms with Crippen LogP contribution in [0.4, 0.5) is 0 Å². The molecule has 0 aromatic heterocycles. The molecule has 2 aliphatic carbocycles. The molecule has 1 N–H and O–H groups in total. The molecular formula is C33H40N2O5. The van der Waals surface area contributed by atoms with Gasteiger partial charge in [-0.2, -0.15) is 0 Å². The number of ketones is 1. The quantitative estimate of drug-likeness (QED) is 0.391. The Bertz CT molecular complexity index is 1340. The molecule has 4 aliphatic rings. The van der Waals surface area contributed by atoms with Gasteiger partial charge in [-0.05, 0) is 74.4 Å². The Morgan fingerprint density at radius 1 is 1.25 bits per heavy atom. The Labute approximate surface area is 236 Å². The molecule has 0 radical (unpaired) electrons. The Morgan fingerprint density at radius 3 is 2.75 bits per heavy atom. The summed E-state index contributed by atoms with van der Waals surface area (Å²) in [6, 6.07) is 12.0. The predicted molar refractivity (Wildman–Crippen MR) is 154 cm³/mol. The summed E-state index contributed by atoms with van der Waals surface area (Å²) in [4.78, 5) is 31.2. The van der Waals surface area contributed by atoms with Gasteiger partial charge in [0.1, 0.15) is 12.7 Å². The highest BCUT2D eigenvalue weighted by Crippen LogP contribution is 2.64. The first-order valence-electron chi connectivity index (χ1n) is 14.6. The topological polar surface area (TPSA) is 79.3 Å². The summed E-state index contributed by atoms with van der Waals surface area (Å²) in [5.41, 5.74) is 3.14. The highest BCUT2D eigenvalue weighted by molar-refractivity contribution is 6.01. The average Bonchev–Trinajstić information content (AvgIpc) is 3.29. The Hall–Kier alpha value is -3.16. The zero-order valence-electron chi connectivity index (χ0n) is 23.9. The third-order valence-electron chi connectivity index (χ3n) is 9.72. The third kappa shape index (κ3) is 4.17. The number of likely N-dealkylation sites (tertiary alicyclic amines) is 1. The van der Waals surface area contributed by atoms with Gasteiger partial charge < -0.3 is 24.4 Å². The molecule has 2 aromatic carbocycles. The van der Waals surface area contributed by atoms with Crippen molar-refractivity contribution in [3.05, 3.63) is 64.7 Å². The number of Topliss-reactive ketones (excluding diaryl/α,β-unsaturated/α-hetero) is 1. The van der Waals surface area contributed by atoms with Crippen molar-refractivity contribution >= 4 is 17.8 Å². The predicted octanol–water partition coefficient (Wildman–Crippen LogP) is 4.46. The molecule has 2 heterocycles. The number of piperidine rings is 1. The van der Waals surface area contributed by atoms with Crippen molar-refractivity contribution in [3.8, 4) is 11.5 Å². The van der Waals surface area contributed by atoms with Crippen molar-refractivity contribution in [1.82, 2.24) is 9.80 Å². The first kappa shape index (κ1) is 27.0. The fraction of sp³-hybridized carbons (Fsp3) is 0.515. The van der Waals surface area contributed by atoms with E-state index in [9.17, 15) is 14.7 Å². The lowest BCUT2D eigenvalue weighted by atomic mass is 9.51. The lowest BCUT2D eigenvalue weighted by Gasteiger charge is -2.60. The standard InChI is InChI=1S/C33H40N2O5/c1-20(2)18-35(28(37)13-10-21-8-6-5-7-9-21)25-12-11-24-26-17-22-16-23(27(36)19-39-4)30(38)31-29(22)33(24,32(25)40-31)14-15-34(26)3/h5-10,13,16,20,24-26,32,38H,11-12,14-15,17-19H2,1-4H3/t24-,25?,26+,32?,33-/m0/s1. The summed E-state index contributed by atoms with van der Waals surface area (Å²) in [6.45, 7) is 5.74. The molecule has 2 aromatic rings. The molecule has 40 heavy (non-hydrogen) atoms. The number of likely N-dealkylation sites (N-methyl/N-ethyl adjacent to an activating group) is 1. The maximum atomic E-state index is 13.8. The zero-order chi connectivity index (χ0) is 28.2. The third-order valence-corrected chi connectivity index (χ3v) is 9.72. The number of carbonyl (C=O) groups is 2. The average molecular weight is 545 g/mol. The van der Waals surface area contributed by atoms with Crippen LogP contribution in [-0.4, -0.2) is 78.6 Å². The Morgan fingerprint density at radius 2 is 2.02 bits per heavy atom. The molecule has 2 aliphatic heterocycles. The van der Waals surface area contributed by atoms with Gasteiger partial charge in [0, 0.05) is 36.8 Å². The highest BCUT2D eigenvalue weighted by atomic mass is 16.5. The van der Waals surface area contributed by atoms with Gasteiger partial charge >= 0.3 is 0 Å². The van der Waals surface area contributed by atoms with Crippen LogP contribution in [0.5, 0.6) is 11.5 Å². The van der Waals surface area contributed by atoms with Gasteiger partial charge in [0.15, 0.2) is 17.3 Å². The molecule has 1 saturated carbocycles. The van der Waals surface area contributed by atoms with Crippen molar-refractivity contribution < 1.29 is 24.2 Å². The highest BCUT2D eigenvalue weighted by Gasteiger charge is 2.66. The molecule has 212 valence electrons. The van der Waals surface area contributed by atoms with E-state index in [1.165, 1.54) is 7.11 Å². The first-order chi connectivity index (χ1) is 19.3. The molecule has 1 saturated heterocycles. The number of nitrogens with zero attached hydrogens (tertiary/aromatic N) is 2. The minimum atomic E-state index is -0.290. The summed E-state index contributed by atoms with van der Waals surface area (Å²) in [6.07, 6.45) is 6.86. The molecular weight excluding hydrogens is 504 g/mol. The van der Waals surface area contributed by atoms with Crippen molar-refractivity contribution in [1.29, 1.82) is 0 Å². The van der Waals surface area contributed by atoms with Crippen molar-refractivity contribution in [2.75, 3.05) is 33.9 Å². The smallest absolute Gasteiger partial charge is 0.246 e. The summed E-state index contributed by atoms with van der Waals surface area (Å²) in [7, 11) is 3.68. The molecule has 1 spiro atoms. The van der Waals surface area contributed by atoms with E-state index in [1.807, 2.05) is 47.4 Å². The van der Waals surface area contributed by atoms with E-state index in [1.54, 1.807) is 6.08 Å². The minimum Gasteiger partial charge on any atom is -0.504 e. The summed E-state index contributed by atoms with van der Waals surface area (Å²) in [5, 5.41) is 11.4. The minimum absolute atomic E-state index is 0.0161. The zero-order valence-corrected chi connectivity index (χ0v) is 23.9. The van der Waals surface area contributed by atoms with E-state index in [4.69, 9.17) is 9.47 Å². The maximum absolute atomic E-state index is 13.8. The van der Waals surface area contributed by atoms with Gasteiger partial charge in [0.25, 0.3) is 0 Å². The van der Waals surface area contributed by atoms with E-state index >= 15 is 0 Å². The SMILES string of the molecule is COCC(=O)c1cc2c3c(c1O)OC1C(N(CC(C)C)C(=O)C=Cc4ccccc4)CC[C@H]4[C@@H](C2)N(C)CC[C@]314. The molecule has 6 rings (SSSR count). The number of methoxy groups -OCH3 is 1. The number of hydrogen-bond acceptors (Lipinski definition) is 6. The summed E-state index contributed by atoms with van der Waals surface area (Å²) < 4.78 is 11.9. The normalized spacial score (nSPS) is 28.4. The molecule has 7 heteroatoms. The number of phenolic OH excluding ortho intramolecular Hbond substituents is 1. The van der Waals surface area contributed by atoms with Crippen LogP contribution in [0.15, 0.2) is 42.5 Å². The molecule has 5 atom stereocenters. The van der Waals surface area contributed by atoms with E-state index in [2.05, 4.69) is 25.8 Å². The maximum Gasteiger partial charge on any atom is 0.246 e. The summed E-state index contributed by atoms with van der Waals surface area (Å²) >= 11 is 0. The molecule has 2 bridgehead atoms. The number of aromatic hydroxyl groups is 1. The first-order valence-corrected chi connectivity index (χ1v) is 14.6. The number of rotatable bonds is 8. The second kappa shape index (κ2) is 10.3. The van der Waals surface area contributed by atoms with Crippen LogP contribution in [0.2, 0.25) is 0 Å².